The predicted octanol–water partition coefficient (Wildman–Crippen LogP) is 1.64. The van der Waals surface area contributed by atoms with E-state index >= 15 is 0 Å². The van der Waals surface area contributed by atoms with E-state index in [2.05, 4.69) is 10.0 Å². The van der Waals surface area contributed by atoms with Crippen LogP contribution in [0, 0.1) is 5.82 Å². The predicted molar refractivity (Wildman–Crippen MR) is 80.1 cm³/mol. The fourth-order valence-corrected chi connectivity index (χ4v) is 2.81. The summed E-state index contributed by atoms with van der Waals surface area (Å²) < 4.78 is 45.4. The number of rotatable bonds is 9. The molecule has 0 fully saturated rings. The Morgan fingerprint density at radius 3 is 2.71 bits per heavy atom. The lowest BCUT2D eigenvalue weighted by Crippen LogP contribution is -2.31. The molecule has 21 heavy (non-hydrogen) atoms. The first-order valence-corrected chi connectivity index (χ1v) is 8.40. The lowest BCUT2D eigenvalue weighted by atomic mass is 10.2. The molecule has 1 atom stereocenters. The second-order valence-corrected chi connectivity index (χ2v) is 6.60. The van der Waals surface area contributed by atoms with E-state index in [0.717, 1.165) is 13.0 Å². The molecule has 0 saturated carbocycles. The van der Waals surface area contributed by atoms with Gasteiger partial charge in [0.1, 0.15) is 5.82 Å². The summed E-state index contributed by atoms with van der Waals surface area (Å²) in [4.78, 5) is 0.0560. The van der Waals surface area contributed by atoms with Crippen LogP contribution < -0.4 is 10.0 Å². The minimum absolute atomic E-state index is 0.0560. The van der Waals surface area contributed by atoms with Crippen LogP contribution in [0.5, 0.6) is 0 Å². The van der Waals surface area contributed by atoms with Crippen molar-refractivity contribution in [2.75, 3.05) is 20.2 Å². The van der Waals surface area contributed by atoms with Gasteiger partial charge in [0.05, 0.1) is 11.0 Å². The second kappa shape index (κ2) is 8.43. The standard InChI is InChI=1S/C14H23FN2O3S/c1-4-7-16-10-12-8-13(5-6-14(12)15)21(18,19)17-9-11(2)20-3/h5-6,8,11,16-17H,4,7,9-10H2,1-3H3. The van der Waals surface area contributed by atoms with Crippen molar-refractivity contribution in [2.24, 2.45) is 0 Å². The molecule has 0 bridgehead atoms. The fraction of sp³-hybridized carbons (Fsp3) is 0.571. The molecule has 5 nitrogen and oxygen atoms in total. The minimum atomic E-state index is -3.66. The lowest BCUT2D eigenvalue weighted by molar-refractivity contribution is 0.122. The molecule has 120 valence electrons. The molecule has 1 aromatic rings. The van der Waals surface area contributed by atoms with E-state index in [4.69, 9.17) is 4.74 Å². The summed E-state index contributed by atoms with van der Waals surface area (Å²) in [6.45, 7) is 4.98. The van der Waals surface area contributed by atoms with Gasteiger partial charge in [-0.1, -0.05) is 6.92 Å². The number of benzene rings is 1. The Bertz CT molecular complexity index is 549. The van der Waals surface area contributed by atoms with E-state index < -0.39 is 15.8 Å². The van der Waals surface area contributed by atoms with Crippen LogP contribution in [0.2, 0.25) is 0 Å². The largest absolute Gasteiger partial charge is 0.380 e. The number of methoxy groups -OCH3 is 1. The van der Waals surface area contributed by atoms with Gasteiger partial charge in [-0.2, -0.15) is 0 Å². The number of hydrogen-bond donors (Lipinski definition) is 2. The van der Waals surface area contributed by atoms with Gasteiger partial charge in [-0.05, 0) is 38.1 Å². The SMILES string of the molecule is CCCNCc1cc(S(=O)(=O)NCC(C)OC)ccc1F. The molecule has 0 spiro atoms. The summed E-state index contributed by atoms with van der Waals surface area (Å²) in [5, 5.41) is 3.05. The maximum atomic E-state index is 13.7. The molecular formula is C14H23FN2O3S. The van der Waals surface area contributed by atoms with Crippen LogP contribution in [0.3, 0.4) is 0 Å². The first-order valence-electron chi connectivity index (χ1n) is 6.92. The maximum Gasteiger partial charge on any atom is 0.240 e. The molecule has 2 N–H and O–H groups in total. The Morgan fingerprint density at radius 2 is 2.10 bits per heavy atom. The van der Waals surface area contributed by atoms with Crippen molar-refractivity contribution in [1.29, 1.82) is 0 Å². The van der Waals surface area contributed by atoms with Crippen LogP contribution >= 0.6 is 0 Å². The van der Waals surface area contributed by atoms with Crippen LogP contribution in [-0.4, -0.2) is 34.7 Å². The summed E-state index contributed by atoms with van der Waals surface area (Å²) in [6, 6.07) is 3.80. The zero-order chi connectivity index (χ0) is 15.9. The van der Waals surface area contributed by atoms with Crippen LogP contribution in [-0.2, 0) is 21.3 Å². The Labute approximate surface area is 125 Å². The van der Waals surface area contributed by atoms with Crippen molar-refractivity contribution in [3.8, 4) is 0 Å². The van der Waals surface area contributed by atoms with Crippen LogP contribution in [0.1, 0.15) is 25.8 Å². The van der Waals surface area contributed by atoms with Gasteiger partial charge in [-0.25, -0.2) is 17.5 Å². The summed E-state index contributed by atoms with van der Waals surface area (Å²) >= 11 is 0. The molecule has 0 aromatic heterocycles. The van der Waals surface area contributed by atoms with E-state index in [-0.39, 0.29) is 17.5 Å². The summed E-state index contributed by atoms with van der Waals surface area (Å²) in [5.41, 5.74) is 0.339. The maximum absolute atomic E-state index is 13.7. The van der Waals surface area contributed by atoms with Gasteiger partial charge < -0.3 is 10.1 Å². The molecule has 0 radical (unpaired) electrons. The Morgan fingerprint density at radius 1 is 1.38 bits per heavy atom. The highest BCUT2D eigenvalue weighted by Gasteiger charge is 2.17. The summed E-state index contributed by atoms with van der Waals surface area (Å²) in [5.74, 6) is -0.414. The third-order valence-electron chi connectivity index (χ3n) is 3.03. The topological polar surface area (TPSA) is 67.4 Å². The van der Waals surface area contributed by atoms with Gasteiger partial charge >= 0.3 is 0 Å². The fourth-order valence-electron chi connectivity index (χ4n) is 1.65. The molecule has 0 heterocycles. The van der Waals surface area contributed by atoms with Crippen molar-refractivity contribution in [1.82, 2.24) is 10.0 Å². The zero-order valence-electron chi connectivity index (χ0n) is 12.6. The summed E-state index contributed by atoms with van der Waals surface area (Å²) in [7, 11) is -2.15. The first-order chi connectivity index (χ1) is 9.90. The molecule has 7 heteroatoms. The first kappa shape index (κ1) is 18.0. The van der Waals surface area contributed by atoms with Crippen LogP contribution in [0.4, 0.5) is 4.39 Å². The Balaban J connectivity index is 2.84. The number of ether oxygens (including phenoxy) is 1. The quantitative estimate of drug-likeness (QED) is 0.679. The van der Waals surface area contributed by atoms with Crippen molar-refractivity contribution < 1.29 is 17.5 Å². The minimum Gasteiger partial charge on any atom is -0.380 e. The second-order valence-electron chi connectivity index (χ2n) is 4.83. The molecule has 1 rings (SSSR count). The molecular weight excluding hydrogens is 295 g/mol. The molecule has 0 saturated heterocycles. The number of nitrogens with one attached hydrogen (secondary N) is 2. The Hall–Kier alpha value is -1.02. The smallest absolute Gasteiger partial charge is 0.240 e. The third kappa shape index (κ3) is 5.70. The van der Waals surface area contributed by atoms with Gasteiger partial charge in [0.2, 0.25) is 10.0 Å². The Kier molecular flexibility index (Phi) is 7.24. The lowest BCUT2D eigenvalue weighted by Gasteiger charge is -2.12. The van der Waals surface area contributed by atoms with E-state index in [1.54, 1.807) is 6.92 Å². The average molecular weight is 318 g/mol. The van der Waals surface area contributed by atoms with Crippen molar-refractivity contribution in [3.63, 3.8) is 0 Å². The van der Waals surface area contributed by atoms with Gasteiger partial charge in [0, 0.05) is 25.8 Å². The number of hydrogen-bond acceptors (Lipinski definition) is 4. The highest BCUT2D eigenvalue weighted by Crippen LogP contribution is 2.15. The zero-order valence-corrected chi connectivity index (χ0v) is 13.5. The van der Waals surface area contributed by atoms with E-state index in [9.17, 15) is 12.8 Å². The monoisotopic (exact) mass is 318 g/mol. The van der Waals surface area contributed by atoms with Gasteiger partial charge in [-0.15, -0.1) is 0 Å². The molecule has 0 aliphatic heterocycles. The normalized spacial score (nSPS) is 13.3. The van der Waals surface area contributed by atoms with E-state index in [1.165, 1.54) is 25.3 Å². The van der Waals surface area contributed by atoms with Crippen molar-refractivity contribution in [3.05, 3.63) is 29.6 Å². The summed E-state index contributed by atoms with van der Waals surface area (Å²) in [6.07, 6.45) is 0.696. The average Bonchev–Trinajstić information content (AvgIpc) is 2.46. The number of sulfonamides is 1. The van der Waals surface area contributed by atoms with Gasteiger partial charge in [-0.3, -0.25) is 0 Å². The highest BCUT2D eigenvalue weighted by molar-refractivity contribution is 7.89. The van der Waals surface area contributed by atoms with Gasteiger partial charge in [0.25, 0.3) is 0 Å². The number of halogens is 1. The molecule has 1 aromatic carbocycles. The molecule has 0 aliphatic carbocycles. The molecule has 0 amide bonds. The van der Waals surface area contributed by atoms with Crippen molar-refractivity contribution in [2.45, 2.75) is 37.8 Å². The highest BCUT2D eigenvalue weighted by atomic mass is 32.2. The third-order valence-corrected chi connectivity index (χ3v) is 4.45. The van der Waals surface area contributed by atoms with Crippen LogP contribution in [0.15, 0.2) is 23.1 Å². The van der Waals surface area contributed by atoms with Crippen molar-refractivity contribution >= 4 is 10.0 Å². The molecule has 0 aliphatic rings. The molecule has 1 unspecified atom stereocenters. The van der Waals surface area contributed by atoms with E-state index in [1.807, 2.05) is 6.92 Å². The van der Waals surface area contributed by atoms with Gasteiger partial charge in [0.15, 0.2) is 0 Å². The van der Waals surface area contributed by atoms with Crippen LogP contribution in [0.25, 0.3) is 0 Å². The van der Waals surface area contributed by atoms with E-state index in [0.29, 0.717) is 12.1 Å².